The molecule has 2 unspecified atom stereocenters. The molecule has 1 saturated heterocycles. The maximum Gasteiger partial charge on any atom is 0.389 e. The second-order valence-corrected chi connectivity index (χ2v) is 12.9. The Kier molecular flexibility index (Phi) is 7.34. The van der Waals surface area contributed by atoms with E-state index in [0.717, 1.165) is 39.5 Å². The second kappa shape index (κ2) is 11.1. The van der Waals surface area contributed by atoms with Crippen LogP contribution < -0.4 is 5.69 Å². The molecule has 4 aromatic rings. The largest absolute Gasteiger partial charge is 0.389 e. The fraction of sp³-hybridized carbons (Fsp3) is 0.412. The van der Waals surface area contributed by atoms with Crippen molar-refractivity contribution in [2.24, 2.45) is 11.8 Å². The monoisotopic (exact) mass is 625 g/mol. The van der Waals surface area contributed by atoms with Gasteiger partial charge in [0.1, 0.15) is 11.3 Å². The molecule has 1 N–H and O–H groups in total. The van der Waals surface area contributed by atoms with E-state index in [2.05, 4.69) is 4.98 Å². The SMILES string of the molecule is O=C(CC1CC(CC(F)(F)F)CC2=C1CCc1c2ccc2cccc(Cl)c12)N1CCC(n2c(=O)[nH]c3c(F)cccc32)CC1. The number of nitrogens with zero attached hydrogens (tertiary/aromatic N) is 2. The quantitative estimate of drug-likeness (QED) is 0.232. The van der Waals surface area contributed by atoms with Crippen LogP contribution in [0.1, 0.15) is 62.1 Å². The maximum absolute atomic E-state index is 14.2. The van der Waals surface area contributed by atoms with E-state index in [0.29, 0.717) is 55.7 Å². The number of imidazole rings is 1. The molecule has 0 radical (unpaired) electrons. The molecular weight excluding hydrogens is 594 g/mol. The van der Waals surface area contributed by atoms with Gasteiger partial charge in [-0.1, -0.05) is 47.5 Å². The van der Waals surface area contributed by atoms with Crippen LogP contribution in [0.15, 0.2) is 58.9 Å². The molecule has 44 heavy (non-hydrogen) atoms. The summed E-state index contributed by atoms with van der Waals surface area (Å²) < 4.78 is 56.8. The lowest BCUT2D eigenvalue weighted by molar-refractivity contribution is -0.145. The van der Waals surface area contributed by atoms with Crippen LogP contribution in [0, 0.1) is 17.7 Å². The standard InChI is InChI=1S/C34H32ClF4N3O2/c35-27-4-1-3-20-7-8-24-25(31(20)27)10-9-23-21(15-19(16-26(23)24)18-34(37,38)39)17-30(43)41-13-11-22(12-14-41)42-29-6-2-5-28(36)32(29)40-33(42)44/h1-8,19,21-22H,9-18H2,(H,40,44). The fourth-order valence-electron chi connectivity index (χ4n) is 8.02. The molecule has 0 spiro atoms. The number of alkyl halides is 3. The number of hydrogen-bond acceptors (Lipinski definition) is 2. The van der Waals surface area contributed by atoms with Gasteiger partial charge in [-0.3, -0.25) is 9.36 Å². The molecule has 5 nitrogen and oxygen atoms in total. The third-order valence-corrected chi connectivity index (χ3v) is 10.2. The molecular formula is C34H32ClF4N3O2. The number of aromatic nitrogens is 2. The van der Waals surface area contributed by atoms with Crippen LogP contribution in [0.3, 0.4) is 0 Å². The number of allylic oxidation sites excluding steroid dienone is 2. The number of para-hydroxylation sites is 1. The number of piperidine rings is 1. The number of carbonyl (C=O) groups excluding carboxylic acids is 1. The zero-order valence-corrected chi connectivity index (χ0v) is 24.8. The Morgan fingerprint density at radius 2 is 1.80 bits per heavy atom. The normalized spacial score (nSPS) is 21.2. The number of carbonyl (C=O) groups is 1. The number of aryl methyl sites for hydroxylation is 1. The van der Waals surface area contributed by atoms with Gasteiger partial charge in [-0.25, -0.2) is 9.18 Å². The smallest absolute Gasteiger partial charge is 0.343 e. The van der Waals surface area contributed by atoms with Gasteiger partial charge in [0.15, 0.2) is 0 Å². The van der Waals surface area contributed by atoms with Crippen LogP contribution in [0.25, 0.3) is 27.4 Å². The van der Waals surface area contributed by atoms with Gasteiger partial charge in [0.2, 0.25) is 5.91 Å². The summed E-state index contributed by atoms with van der Waals surface area (Å²) in [5.41, 5.74) is 4.42. The third kappa shape index (κ3) is 5.23. The average molecular weight is 626 g/mol. The van der Waals surface area contributed by atoms with E-state index >= 15 is 0 Å². The number of H-pyrrole nitrogens is 1. The van der Waals surface area contributed by atoms with Crippen LogP contribution in [0.5, 0.6) is 0 Å². The Balaban J connectivity index is 1.13. The number of likely N-dealkylation sites (tertiary alicyclic amines) is 1. The van der Waals surface area contributed by atoms with Crippen LogP contribution >= 0.6 is 11.6 Å². The van der Waals surface area contributed by atoms with Gasteiger partial charge in [0, 0.05) is 42.4 Å². The molecule has 1 aromatic heterocycles. The van der Waals surface area contributed by atoms with Crippen molar-refractivity contribution in [1.82, 2.24) is 14.5 Å². The molecule has 230 valence electrons. The number of aromatic amines is 1. The first-order valence-corrected chi connectivity index (χ1v) is 15.6. The first-order chi connectivity index (χ1) is 21.1. The van der Waals surface area contributed by atoms with Gasteiger partial charge in [0.05, 0.1) is 5.52 Å². The summed E-state index contributed by atoms with van der Waals surface area (Å²) in [5.74, 6) is -1.42. The molecule has 0 bridgehead atoms. The van der Waals surface area contributed by atoms with Crippen molar-refractivity contribution in [3.8, 4) is 0 Å². The number of benzene rings is 3. The van der Waals surface area contributed by atoms with Crippen molar-refractivity contribution in [2.45, 2.75) is 63.6 Å². The summed E-state index contributed by atoms with van der Waals surface area (Å²) in [6.45, 7) is 0.853. The average Bonchev–Trinajstić information content (AvgIpc) is 3.33. The van der Waals surface area contributed by atoms with Crippen molar-refractivity contribution in [3.05, 3.63) is 86.6 Å². The Bertz CT molecular complexity index is 1870. The Morgan fingerprint density at radius 1 is 1.02 bits per heavy atom. The molecule has 1 fully saturated rings. The van der Waals surface area contributed by atoms with E-state index in [1.54, 1.807) is 21.6 Å². The fourth-order valence-corrected chi connectivity index (χ4v) is 8.32. The number of nitrogens with one attached hydrogen (secondary N) is 1. The topological polar surface area (TPSA) is 58.1 Å². The van der Waals surface area contributed by atoms with Crippen molar-refractivity contribution in [1.29, 1.82) is 0 Å². The highest BCUT2D eigenvalue weighted by atomic mass is 35.5. The number of halogens is 5. The molecule has 7 rings (SSSR count). The lowest BCUT2D eigenvalue weighted by Crippen LogP contribution is -2.41. The Hall–Kier alpha value is -3.59. The van der Waals surface area contributed by atoms with Crippen LogP contribution in [-0.4, -0.2) is 39.6 Å². The second-order valence-electron chi connectivity index (χ2n) is 12.5. The highest BCUT2D eigenvalue weighted by molar-refractivity contribution is 6.36. The summed E-state index contributed by atoms with van der Waals surface area (Å²) in [5, 5.41) is 2.61. The number of fused-ring (bicyclic) bond motifs is 5. The van der Waals surface area contributed by atoms with E-state index in [-0.39, 0.29) is 35.5 Å². The summed E-state index contributed by atoms with van der Waals surface area (Å²) >= 11 is 6.60. The van der Waals surface area contributed by atoms with E-state index < -0.39 is 24.3 Å². The van der Waals surface area contributed by atoms with Gasteiger partial charge >= 0.3 is 11.9 Å². The van der Waals surface area contributed by atoms with Gasteiger partial charge in [-0.2, -0.15) is 13.2 Å². The molecule has 1 aliphatic heterocycles. The van der Waals surface area contributed by atoms with E-state index in [1.165, 1.54) is 6.07 Å². The van der Waals surface area contributed by atoms with Crippen molar-refractivity contribution >= 4 is 44.9 Å². The zero-order chi connectivity index (χ0) is 30.7. The minimum Gasteiger partial charge on any atom is -0.343 e. The molecule has 0 saturated carbocycles. The van der Waals surface area contributed by atoms with Crippen LogP contribution in [0.2, 0.25) is 5.02 Å². The predicted molar refractivity (Wildman–Crippen MR) is 163 cm³/mol. The summed E-state index contributed by atoms with van der Waals surface area (Å²) in [7, 11) is 0. The highest BCUT2D eigenvalue weighted by Gasteiger charge is 2.40. The predicted octanol–water partition coefficient (Wildman–Crippen LogP) is 8.21. The van der Waals surface area contributed by atoms with Crippen LogP contribution in [0.4, 0.5) is 17.6 Å². The van der Waals surface area contributed by atoms with E-state index in [1.807, 2.05) is 30.3 Å². The lowest BCUT2D eigenvalue weighted by atomic mass is 9.67. The highest BCUT2D eigenvalue weighted by Crippen LogP contribution is 2.50. The Labute approximate surface area is 256 Å². The minimum absolute atomic E-state index is 0.0716. The van der Waals surface area contributed by atoms with Crippen molar-refractivity contribution < 1.29 is 22.4 Å². The van der Waals surface area contributed by atoms with Gasteiger partial charge in [0.25, 0.3) is 0 Å². The lowest BCUT2D eigenvalue weighted by Gasteiger charge is -2.39. The number of rotatable bonds is 4. The van der Waals surface area contributed by atoms with Crippen LogP contribution in [-0.2, 0) is 11.2 Å². The van der Waals surface area contributed by atoms with Gasteiger partial charge in [-0.15, -0.1) is 0 Å². The number of hydrogen-bond donors (Lipinski definition) is 1. The zero-order valence-electron chi connectivity index (χ0n) is 24.0. The Morgan fingerprint density at radius 3 is 2.57 bits per heavy atom. The minimum atomic E-state index is -4.28. The first-order valence-electron chi connectivity index (χ1n) is 15.2. The molecule has 10 heteroatoms. The summed E-state index contributed by atoms with van der Waals surface area (Å²) in [4.78, 5) is 30.7. The maximum atomic E-state index is 14.2. The van der Waals surface area contributed by atoms with E-state index in [4.69, 9.17) is 11.6 Å². The number of amides is 1. The van der Waals surface area contributed by atoms with Gasteiger partial charge < -0.3 is 9.88 Å². The van der Waals surface area contributed by atoms with E-state index in [9.17, 15) is 27.2 Å². The molecule has 3 aromatic carbocycles. The molecule has 3 aliphatic rings. The first kappa shape index (κ1) is 29.1. The molecule has 2 atom stereocenters. The molecule has 2 aliphatic carbocycles. The summed E-state index contributed by atoms with van der Waals surface area (Å²) in [6, 6.07) is 14.1. The third-order valence-electron chi connectivity index (χ3n) is 9.89. The molecule has 2 heterocycles. The summed E-state index contributed by atoms with van der Waals surface area (Å²) in [6.07, 6.45) is -1.82. The van der Waals surface area contributed by atoms with Gasteiger partial charge in [-0.05, 0) is 90.6 Å². The molecule has 1 amide bonds. The van der Waals surface area contributed by atoms with Crippen molar-refractivity contribution in [2.75, 3.05) is 13.1 Å². The van der Waals surface area contributed by atoms with Crippen molar-refractivity contribution in [3.63, 3.8) is 0 Å².